The quantitative estimate of drug-likeness (QED) is 0.170. The number of nitrogens with one attached hydrogen (secondary N) is 2. The Morgan fingerprint density at radius 3 is 2.46 bits per heavy atom. The summed E-state index contributed by atoms with van der Waals surface area (Å²) in [5, 5.41) is 3.31. The summed E-state index contributed by atoms with van der Waals surface area (Å²) in [5.74, 6) is -0.420. The van der Waals surface area contributed by atoms with E-state index in [4.69, 9.17) is 14.2 Å². The second-order valence-electron chi connectivity index (χ2n) is 10.2. The molecule has 6 aromatic rings. The lowest BCUT2D eigenvalue weighted by Crippen LogP contribution is -2.26. The summed E-state index contributed by atoms with van der Waals surface area (Å²) in [7, 11) is 1.59. The van der Waals surface area contributed by atoms with Gasteiger partial charge in [0.15, 0.2) is 11.6 Å². The lowest BCUT2D eigenvalue weighted by Gasteiger charge is -2.14. The summed E-state index contributed by atoms with van der Waals surface area (Å²) in [6, 6.07) is 20.2. The molecule has 9 nitrogen and oxygen atoms in total. The van der Waals surface area contributed by atoms with E-state index in [9.17, 15) is 14.0 Å². The van der Waals surface area contributed by atoms with Gasteiger partial charge in [0, 0.05) is 41.6 Å². The van der Waals surface area contributed by atoms with Crippen molar-refractivity contribution in [1.29, 1.82) is 0 Å². The highest BCUT2D eigenvalue weighted by atomic mass is 19.1. The first-order valence-corrected chi connectivity index (χ1v) is 14.4. The van der Waals surface area contributed by atoms with Gasteiger partial charge in [0.05, 0.1) is 31.1 Å². The average Bonchev–Trinajstić information content (AvgIpc) is 3.50. The van der Waals surface area contributed by atoms with Gasteiger partial charge < -0.3 is 24.5 Å². The van der Waals surface area contributed by atoms with Crippen molar-refractivity contribution < 1.29 is 27.8 Å². The number of ether oxygens (including phenoxy) is 3. The lowest BCUT2D eigenvalue weighted by molar-refractivity contribution is -0.115. The van der Waals surface area contributed by atoms with Crippen LogP contribution in [0, 0.1) is 11.6 Å². The smallest absolute Gasteiger partial charge is 0.262 e. The zero-order valence-electron chi connectivity index (χ0n) is 24.8. The third-order valence-corrected chi connectivity index (χ3v) is 7.26. The number of hydrogen-bond acceptors (Lipinski definition) is 6. The second kappa shape index (κ2) is 12.9. The van der Waals surface area contributed by atoms with Crippen LogP contribution < -0.4 is 25.1 Å². The summed E-state index contributed by atoms with van der Waals surface area (Å²) >= 11 is 0. The van der Waals surface area contributed by atoms with Crippen LogP contribution in [0.4, 0.5) is 14.5 Å². The summed E-state index contributed by atoms with van der Waals surface area (Å²) in [6.07, 6.45) is 4.52. The van der Waals surface area contributed by atoms with Crippen LogP contribution in [0.15, 0.2) is 102 Å². The van der Waals surface area contributed by atoms with Crippen molar-refractivity contribution in [3.8, 4) is 39.8 Å². The fourth-order valence-electron chi connectivity index (χ4n) is 5.08. The first kappa shape index (κ1) is 30.1. The molecule has 0 saturated heterocycles. The number of carbonyl (C=O) groups is 1. The molecule has 11 heteroatoms. The van der Waals surface area contributed by atoms with E-state index < -0.39 is 23.1 Å². The number of anilines is 1. The van der Waals surface area contributed by atoms with Crippen LogP contribution in [-0.4, -0.2) is 34.2 Å². The monoisotopic (exact) mass is 622 g/mol. The second-order valence-corrected chi connectivity index (χ2v) is 10.2. The van der Waals surface area contributed by atoms with E-state index in [2.05, 4.69) is 15.3 Å². The molecular formula is C35H28F2N4O5. The van der Waals surface area contributed by atoms with Gasteiger partial charge in [-0.3, -0.25) is 14.2 Å². The molecule has 1 amide bonds. The van der Waals surface area contributed by atoms with Crippen molar-refractivity contribution in [3.05, 3.63) is 125 Å². The molecule has 0 atom stereocenters. The number of halogens is 2. The van der Waals surface area contributed by atoms with E-state index >= 15 is 4.39 Å². The van der Waals surface area contributed by atoms with Gasteiger partial charge in [-0.25, -0.2) is 13.8 Å². The Morgan fingerprint density at radius 2 is 1.74 bits per heavy atom. The van der Waals surface area contributed by atoms with E-state index in [0.717, 1.165) is 17.2 Å². The number of benzene rings is 3. The zero-order valence-corrected chi connectivity index (χ0v) is 24.8. The zero-order chi connectivity index (χ0) is 32.2. The number of aromatic nitrogens is 3. The summed E-state index contributed by atoms with van der Waals surface area (Å²) in [5.41, 5.74) is 2.48. The molecule has 232 valence electrons. The van der Waals surface area contributed by atoms with Crippen molar-refractivity contribution in [3.63, 3.8) is 0 Å². The highest BCUT2D eigenvalue weighted by Crippen LogP contribution is 2.38. The first-order valence-electron chi connectivity index (χ1n) is 14.4. The Labute approximate surface area is 262 Å². The van der Waals surface area contributed by atoms with E-state index in [1.807, 2.05) is 24.3 Å². The summed E-state index contributed by atoms with van der Waals surface area (Å²) in [6.45, 7) is 2.03. The maximum atomic E-state index is 15.3. The van der Waals surface area contributed by atoms with Gasteiger partial charge >= 0.3 is 0 Å². The standard InChI is InChI=1S/C35H28F2N4O5/c1-3-45-29-15-17-41(24-9-6-22(36)7-10-24)35(43)26(29)19-32(42)40-23-8-13-30(28(37)18-23)46-31-14-16-38-34-33(31)27(20-39-34)21-4-11-25(44-2)12-5-21/h4-18,20H,3,19H2,1-2H3,(H,38,39)(H,40,42). The van der Waals surface area contributed by atoms with E-state index in [1.165, 1.54) is 47.2 Å². The Balaban J connectivity index is 1.22. The van der Waals surface area contributed by atoms with E-state index in [0.29, 0.717) is 28.2 Å². The molecule has 0 saturated carbocycles. The molecule has 46 heavy (non-hydrogen) atoms. The first-order chi connectivity index (χ1) is 22.3. The number of rotatable bonds is 10. The predicted octanol–water partition coefficient (Wildman–Crippen LogP) is 7.04. The maximum absolute atomic E-state index is 15.3. The minimum atomic E-state index is -0.710. The maximum Gasteiger partial charge on any atom is 0.262 e. The fraction of sp³-hybridized carbons (Fsp3) is 0.114. The molecular weight excluding hydrogens is 594 g/mol. The van der Waals surface area contributed by atoms with Gasteiger partial charge in [0.1, 0.15) is 28.7 Å². The Bertz CT molecular complexity index is 2090. The third kappa shape index (κ3) is 6.16. The SMILES string of the molecule is CCOc1ccn(-c2ccc(F)cc2)c(=O)c1CC(=O)Nc1ccc(Oc2ccnc3[nH]cc(-c4ccc(OC)cc4)c23)c(F)c1. The lowest BCUT2D eigenvalue weighted by atomic mass is 10.1. The van der Waals surface area contributed by atoms with Gasteiger partial charge in [0.25, 0.3) is 5.56 Å². The Morgan fingerprint density at radius 1 is 0.957 bits per heavy atom. The van der Waals surface area contributed by atoms with E-state index in [1.54, 1.807) is 38.6 Å². The molecule has 3 aromatic carbocycles. The number of H-pyrrole nitrogens is 1. The predicted molar refractivity (Wildman–Crippen MR) is 170 cm³/mol. The van der Waals surface area contributed by atoms with Crippen LogP contribution in [0.2, 0.25) is 0 Å². The molecule has 0 fully saturated rings. The van der Waals surface area contributed by atoms with Gasteiger partial charge in [-0.05, 0) is 73.2 Å². The molecule has 0 unspecified atom stereocenters. The van der Waals surface area contributed by atoms with Crippen LogP contribution in [0.3, 0.4) is 0 Å². The number of nitrogens with zero attached hydrogens (tertiary/aromatic N) is 2. The number of amides is 1. The minimum absolute atomic E-state index is 0.0590. The number of carbonyl (C=O) groups excluding carboxylic acids is 1. The molecule has 3 heterocycles. The number of aromatic amines is 1. The van der Waals surface area contributed by atoms with Crippen LogP contribution in [0.25, 0.3) is 27.8 Å². The molecule has 0 spiro atoms. The largest absolute Gasteiger partial charge is 0.497 e. The molecule has 2 N–H and O–H groups in total. The van der Waals surface area contributed by atoms with Crippen LogP contribution in [0.1, 0.15) is 12.5 Å². The van der Waals surface area contributed by atoms with Crippen LogP contribution in [-0.2, 0) is 11.2 Å². The van der Waals surface area contributed by atoms with Crippen LogP contribution >= 0.6 is 0 Å². The van der Waals surface area contributed by atoms with Gasteiger partial charge in [-0.15, -0.1) is 0 Å². The highest BCUT2D eigenvalue weighted by molar-refractivity contribution is 5.98. The number of pyridine rings is 2. The Kier molecular flexibility index (Phi) is 8.46. The molecule has 3 aromatic heterocycles. The molecule has 0 radical (unpaired) electrons. The molecule has 0 aliphatic rings. The normalized spacial score (nSPS) is 11.0. The van der Waals surface area contributed by atoms with E-state index in [-0.39, 0.29) is 35.8 Å². The Hall–Kier alpha value is -5.97. The van der Waals surface area contributed by atoms with Gasteiger partial charge in [0.2, 0.25) is 5.91 Å². The third-order valence-electron chi connectivity index (χ3n) is 7.26. The minimum Gasteiger partial charge on any atom is -0.497 e. The average molecular weight is 623 g/mol. The number of methoxy groups -OCH3 is 1. The fourth-order valence-corrected chi connectivity index (χ4v) is 5.08. The van der Waals surface area contributed by atoms with Gasteiger partial charge in [-0.1, -0.05) is 12.1 Å². The molecule has 0 aliphatic carbocycles. The van der Waals surface area contributed by atoms with Crippen molar-refractivity contribution >= 4 is 22.6 Å². The molecule has 0 bridgehead atoms. The number of fused-ring (bicyclic) bond motifs is 1. The topological polar surface area (TPSA) is 107 Å². The van der Waals surface area contributed by atoms with Crippen molar-refractivity contribution in [2.45, 2.75) is 13.3 Å². The molecule has 6 rings (SSSR count). The summed E-state index contributed by atoms with van der Waals surface area (Å²) in [4.78, 5) is 33.9. The summed E-state index contributed by atoms with van der Waals surface area (Å²) < 4.78 is 46.9. The van der Waals surface area contributed by atoms with Crippen LogP contribution in [0.5, 0.6) is 23.0 Å². The van der Waals surface area contributed by atoms with Gasteiger partial charge in [-0.2, -0.15) is 0 Å². The number of hydrogen-bond donors (Lipinski definition) is 2. The van der Waals surface area contributed by atoms with Crippen molar-refractivity contribution in [1.82, 2.24) is 14.5 Å². The molecule has 0 aliphatic heterocycles. The highest BCUT2D eigenvalue weighted by Gasteiger charge is 2.18. The van der Waals surface area contributed by atoms with Crippen molar-refractivity contribution in [2.75, 3.05) is 19.0 Å². The van der Waals surface area contributed by atoms with Crippen molar-refractivity contribution in [2.24, 2.45) is 0 Å².